The fourth-order valence-electron chi connectivity index (χ4n) is 12.2. The Labute approximate surface area is 548 Å². The second kappa shape index (κ2) is 53.8. The third-order valence-electron chi connectivity index (χ3n) is 18.1. The van der Waals surface area contributed by atoms with Gasteiger partial charge in [0, 0.05) is 6.42 Å². The zero-order valence-electron chi connectivity index (χ0n) is 56.3. The van der Waals surface area contributed by atoms with Crippen LogP contribution in [0.2, 0.25) is 0 Å². The van der Waals surface area contributed by atoms with Gasteiger partial charge in [0.25, 0.3) is 0 Å². The maximum atomic E-state index is 13.4. The fraction of sp³-hybridized carbons (Fsp3) is 0.875. The van der Waals surface area contributed by atoms with Gasteiger partial charge in [-0.3, -0.25) is 4.79 Å². The Hall–Kier alpha value is -2.25. The lowest BCUT2D eigenvalue weighted by Gasteiger charge is -2.48. The Bertz CT molecular complexity index is 1840. The van der Waals surface area contributed by atoms with Crippen LogP contribution in [0, 0.1) is 0 Å². The molecule has 17 atom stereocenters. The van der Waals surface area contributed by atoms with E-state index in [1.54, 1.807) is 6.08 Å². The molecular formula is C72H131NO18. The number of aliphatic hydroxyl groups excluding tert-OH is 11. The molecular weight excluding hydrogens is 1170 g/mol. The standard InChI is InChI=1S/C72H131NO18/c1-3-5-7-9-11-13-15-17-19-21-23-25-26-27-28-30-32-34-36-38-40-42-44-46-48-50-60(78)73-55(56(77)49-47-45-43-41-39-37-35-33-31-29-24-22-20-18-16-14-12-10-8-6-4-2)54-86-70-66(84)63(81)68(58(52-75)88-70)91-72-67(85)64(82)69(59(53-76)89-72)90-71-65(83)62(80)61(79)57(51-74)87-71/h15,17,21,23,26-27,47,49,55-59,61-72,74-77,79-85H,3-14,16,18-20,22,24-25,28-46,48,50-54H2,1-2H3,(H,73,78)/b17-15-,23-21-,27-26-,49-47+. The van der Waals surface area contributed by atoms with Crippen LogP contribution in [0.5, 0.6) is 0 Å². The lowest BCUT2D eigenvalue weighted by molar-refractivity contribution is -0.379. The van der Waals surface area contributed by atoms with E-state index < -0.39 is 124 Å². The number of carbonyl (C=O) groups excluding carboxylic acids is 1. The molecule has 3 heterocycles. The van der Waals surface area contributed by atoms with Crippen molar-refractivity contribution < 1.29 is 89.4 Å². The van der Waals surface area contributed by atoms with Crippen LogP contribution in [0.4, 0.5) is 0 Å². The quantitative estimate of drug-likeness (QED) is 0.0199. The van der Waals surface area contributed by atoms with Crippen LogP contribution in [0.3, 0.4) is 0 Å². The number of ether oxygens (including phenoxy) is 6. The molecule has 91 heavy (non-hydrogen) atoms. The van der Waals surface area contributed by atoms with Crippen molar-refractivity contribution in [1.82, 2.24) is 5.32 Å². The lowest BCUT2D eigenvalue weighted by atomic mass is 9.96. The molecule has 0 spiro atoms. The normalized spacial score (nSPS) is 28.1. The minimum Gasteiger partial charge on any atom is -0.394 e. The average Bonchev–Trinajstić information content (AvgIpc) is 0.883. The van der Waals surface area contributed by atoms with Gasteiger partial charge in [-0.2, -0.15) is 0 Å². The highest BCUT2D eigenvalue weighted by molar-refractivity contribution is 5.76. The molecule has 3 saturated heterocycles. The minimum absolute atomic E-state index is 0.238. The molecule has 3 fully saturated rings. The molecule has 0 aromatic carbocycles. The number of rotatable bonds is 56. The van der Waals surface area contributed by atoms with Crippen molar-refractivity contribution in [2.75, 3.05) is 26.4 Å². The summed E-state index contributed by atoms with van der Waals surface area (Å²) in [4.78, 5) is 13.4. The molecule has 19 heteroatoms. The summed E-state index contributed by atoms with van der Waals surface area (Å²) in [6, 6.07) is -0.977. The average molecular weight is 1300 g/mol. The fourth-order valence-corrected chi connectivity index (χ4v) is 12.2. The van der Waals surface area contributed by atoms with E-state index in [-0.39, 0.29) is 18.9 Å². The van der Waals surface area contributed by atoms with E-state index in [4.69, 9.17) is 28.4 Å². The Kier molecular flexibility index (Phi) is 49.1. The van der Waals surface area contributed by atoms with Crippen molar-refractivity contribution in [3.8, 4) is 0 Å². The van der Waals surface area contributed by atoms with Gasteiger partial charge in [-0.15, -0.1) is 0 Å². The van der Waals surface area contributed by atoms with E-state index in [0.717, 1.165) is 70.6 Å². The Morgan fingerprint density at radius 3 is 1.13 bits per heavy atom. The number of hydrogen-bond donors (Lipinski definition) is 12. The Morgan fingerprint density at radius 2 is 0.725 bits per heavy atom. The van der Waals surface area contributed by atoms with E-state index >= 15 is 0 Å². The van der Waals surface area contributed by atoms with E-state index in [0.29, 0.717) is 6.42 Å². The molecule has 0 aromatic heterocycles. The highest BCUT2D eigenvalue weighted by Gasteiger charge is 2.53. The van der Waals surface area contributed by atoms with Crippen molar-refractivity contribution in [3.63, 3.8) is 0 Å². The van der Waals surface area contributed by atoms with E-state index in [1.165, 1.54) is 173 Å². The highest BCUT2D eigenvalue weighted by atomic mass is 16.8. The van der Waals surface area contributed by atoms with Crippen LogP contribution in [0.25, 0.3) is 0 Å². The predicted molar refractivity (Wildman–Crippen MR) is 356 cm³/mol. The molecule has 0 radical (unpaired) electrons. The monoisotopic (exact) mass is 1300 g/mol. The largest absolute Gasteiger partial charge is 0.394 e. The molecule has 19 nitrogen and oxygen atoms in total. The second-order valence-corrected chi connectivity index (χ2v) is 26.1. The van der Waals surface area contributed by atoms with Gasteiger partial charge in [-0.05, 0) is 57.8 Å². The topological polar surface area (TPSA) is 307 Å². The van der Waals surface area contributed by atoms with E-state index in [1.807, 2.05) is 6.08 Å². The van der Waals surface area contributed by atoms with Crippen LogP contribution in [0.15, 0.2) is 48.6 Å². The zero-order valence-corrected chi connectivity index (χ0v) is 56.3. The summed E-state index contributed by atoms with van der Waals surface area (Å²) in [5.41, 5.74) is 0. The van der Waals surface area contributed by atoms with Crippen molar-refractivity contribution >= 4 is 5.91 Å². The first-order chi connectivity index (χ1) is 44.3. The summed E-state index contributed by atoms with van der Waals surface area (Å²) >= 11 is 0. The first-order valence-corrected chi connectivity index (χ1v) is 36.4. The maximum absolute atomic E-state index is 13.4. The van der Waals surface area contributed by atoms with Crippen LogP contribution in [0.1, 0.15) is 271 Å². The summed E-state index contributed by atoms with van der Waals surface area (Å²) in [6.45, 7) is 1.74. The predicted octanol–water partition coefficient (Wildman–Crippen LogP) is 10.2. The third kappa shape index (κ3) is 35.5. The lowest BCUT2D eigenvalue weighted by Crippen LogP contribution is -2.66. The van der Waals surface area contributed by atoms with Crippen LogP contribution >= 0.6 is 0 Å². The molecule has 0 aromatic rings. The first kappa shape index (κ1) is 83.0. The number of hydrogen-bond acceptors (Lipinski definition) is 18. The van der Waals surface area contributed by atoms with Crippen molar-refractivity contribution in [2.45, 2.75) is 375 Å². The van der Waals surface area contributed by atoms with Gasteiger partial charge in [-0.1, -0.05) is 255 Å². The van der Waals surface area contributed by atoms with Crippen LogP contribution in [-0.4, -0.2) is 193 Å². The minimum atomic E-state index is -1.98. The molecule has 0 bridgehead atoms. The molecule has 12 N–H and O–H groups in total. The smallest absolute Gasteiger partial charge is 0.220 e. The van der Waals surface area contributed by atoms with Crippen LogP contribution < -0.4 is 5.32 Å². The Balaban J connectivity index is 1.43. The van der Waals surface area contributed by atoms with Crippen molar-refractivity contribution in [1.29, 1.82) is 0 Å². The maximum Gasteiger partial charge on any atom is 0.220 e. The molecule has 17 unspecified atom stereocenters. The summed E-state index contributed by atoms with van der Waals surface area (Å²) in [6.07, 6.45) is 37.9. The van der Waals surface area contributed by atoms with Gasteiger partial charge in [0.05, 0.1) is 38.6 Å². The van der Waals surface area contributed by atoms with Crippen molar-refractivity contribution in [3.05, 3.63) is 48.6 Å². The molecule has 0 saturated carbocycles. The van der Waals surface area contributed by atoms with Gasteiger partial charge in [-0.25, -0.2) is 0 Å². The number of unbranched alkanes of at least 4 members (excludes halogenated alkanes) is 34. The van der Waals surface area contributed by atoms with Gasteiger partial charge < -0.3 is 89.9 Å². The number of amides is 1. The van der Waals surface area contributed by atoms with Gasteiger partial charge >= 0.3 is 0 Å². The summed E-state index contributed by atoms with van der Waals surface area (Å²) in [5, 5.41) is 121. The first-order valence-electron chi connectivity index (χ1n) is 36.4. The van der Waals surface area contributed by atoms with Crippen LogP contribution in [-0.2, 0) is 33.2 Å². The van der Waals surface area contributed by atoms with E-state index in [2.05, 4.69) is 55.6 Å². The highest BCUT2D eigenvalue weighted by Crippen LogP contribution is 2.33. The summed E-state index contributed by atoms with van der Waals surface area (Å²) in [7, 11) is 0. The molecule has 0 aliphatic carbocycles. The zero-order chi connectivity index (χ0) is 66.1. The number of nitrogens with one attached hydrogen (secondary N) is 1. The van der Waals surface area contributed by atoms with E-state index in [9.17, 15) is 61.0 Å². The SMILES string of the molecule is CCCCCCC/C=C\C/C=C\C/C=C\CCCCCCCCCCCCC(=O)NC(COC1OC(CO)C(OC2OC(CO)C(OC3OC(CO)C(O)C(O)C3O)C(O)C2O)C(O)C1O)C(O)/C=C/CCCCCCCCCCCCCCCCCCCCC. The molecule has 1 amide bonds. The summed E-state index contributed by atoms with van der Waals surface area (Å²) < 4.78 is 34.4. The van der Waals surface area contributed by atoms with Gasteiger partial charge in [0.1, 0.15) is 73.2 Å². The van der Waals surface area contributed by atoms with Gasteiger partial charge in [0.15, 0.2) is 18.9 Å². The molecule has 3 aliphatic rings. The molecule has 532 valence electrons. The Morgan fingerprint density at radius 1 is 0.396 bits per heavy atom. The summed E-state index contributed by atoms with van der Waals surface area (Å²) in [5.74, 6) is -0.278. The number of aliphatic hydroxyl groups is 11. The number of allylic oxidation sites excluding steroid dienone is 7. The molecule has 3 aliphatic heterocycles. The second-order valence-electron chi connectivity index (χ2n) is 26.1. The third-order valence-corrected chi connectivity index (χ3v) is 18.1. The van der Waals surface area contributed by atoms with Crippen molar-refractivity contribution in [2.24, 2.45) is 0 Å². The number of carbonyl (C=O) groups is 1. The molecule has 3 rings (SSSR count). The van der Waals surface area contributed by atoms with Gasteiger partial charge in [0.2, 0.25) is 5.91 Å².